The van der Waals surface area contributed by atoms with Gasteiger partial charge in [0.1, 0.15) is 0 Å². The van der Waals surface area contributed by atoms with Crippen LogP contribution in [0.2, 0.25) is 0 Å². The largest absolute Gasteiger partial charge is 0.276 e. The molecule has 5 heteroatoms. The van der Waals surface area contributed by atoms with E-state index in [0.29, 0.717) is 19.5 Å². The Kier molecular flexibility index (Phi) is 5.32. The molecule has 5 nitrogen and oxygen atoms in total. The second-order valence-corrected chi connectivity index (χ2v) is 3.75. The maximum absolute atomic E-state index is 8.68. The summed E-state index contributed by atoms with van der Waals surface area (Å²) >= 11 is 0. The van der Waals surface area contributed by atoms with E-state index in [-0.39, 0.29) is 0 Å². The number of rotatable bonds is 4. The highest BCUT2D eigenvalue weighted by molar-refractivity contribution is 4.90. The van der Waals surface area contributed by atoms with Crippen LogP contribution in [-0.4, -0.2) is 54.3 Å². The van der Waals surface area contributed by atoms with Gasteiger partial charge in [-0.3, -0.25) is 14.7 Å². The molecule has 16 heavy (non-hydrogen) atoms. The van der Waals surface area contributed by atoms with Gasteiger partial charge in [0, 0.05) is 13.0 Å². The second-order valence-electron chi connectivity index (χ2n) is 3.75. The zero-order valence-electron chi connectivity index (χ0n) is 9.26. The Morgan fingerprint density at radius 1 is 0.938 bits per heavy atom. The van der Waals surface area contributed by atoms with Crippen molar-refractivity contribution in [1.82, 2.24) is 14.7 Å². The normalized spacial score (nSPS) is 18.6. The van der Waals surface area contributed by atoms with Gasteiger partial charge >= 0.3 is 0 Å². The lowest BCUT2D eigenvalue weighted by atomic mass is 10.4. The molecule has 1 aliphatic rings. The molecule has 0 bridgehead atoms. The second kappa shape index (κ2) is 6.82. The zero-order valence-corrected chi connectivity index (χ0v) is 9.26. The third-order valence-corrected chi connectivity index (χ3v) is 2.35. The van der Waals surface area contributed by atoms with E-state index in [9.17, 15) is 0 Å². The fraction of sp³-hybridized carbons (Fsp3) is 0.636. The van der Waals surface area contributed by atoms with Crippen molar-refractivity contribution in [2.24, 2.45) is 0 Å². The van der Waals surface area contributed by atoms with E-state index in [0.717, 1.165) is 26.6 Å². The maximum atomic E-state index is 8.68. The minimum absolute atomic E-state index is 0.393. The van der Waals surface area contributed by atoms with Gasteiger partial charge in [-0.15, -0.1) is 6.42 Å². The van der Waals surface area contributed by atoms with Gasteiger partial charge in [0.25, 0.3) is 0 Å². The van der Waals surface area contributed by atoms with Crippen molar-refractivity contribution in [2.75, 3.05) is 39.6 Å². The predicted molar refractivity (Wildman–Crippen MR) is 59.4 cm³/mol. The van der Waals surface area contributed by atoms with Crippen molar-refractivity contribution in [3.8, 4) is 24.5 Å². The Labute approximate surface area is 96.4 Å². The van der Waals surface area contributed by atoms with Crippen molar-refractivity contribution >= 4 is 0 Å². The van der Waals surface area contributed by atoms with Crippen molar-refractivity contribution in [1.29, 1.82) is 10.5 Å². The molecule has 1 saturated heterocycles. The minimum Gasteiger partial charge on any atom is -0.276 e. The summed E-state index contributed by atoms with van der Waals surface area (Å²) in [6.07, 6.45) is 5.78. The average molecular weight is 217 g/mol. The van der Waals surface area contributed by atoms with E-state index in [1.54, 1.807) is 0 Å². The van der Waals surface area contributed by atoms with Crippen LogP contribution in [0.4, 0.5) is 0 Å². The molecule has 0 spiro atoms. The van der Waals surface area contributed by atoms with Crippen LogP contribution < -0.4 is 0 Å². The predicted octanol–water partition coefficient (Wildman–Crippen LogP) is -0.151. The summed E-state index contributed by atoms with van der Waals surface area (Å²) in [4.78, 5) is 6.22. The summed E-state index contributed by atoms with van der Waals surface area (Å²) in [6, 6.07) is 4.26. The van der Waals surface area contributed by atoms with Gasteiger partial charge in [-0.1, -0.05) is 5.92 Å². The highest BCUT2D eigenvalue weighted by Gasteiger charge is 2.21. The van der Waals surface area contributed by atoms with E-state index in [2.05, 4.69) is 27.9 Å². The first kappa shape index (κ1) is 12.5. The lowest BCUT2D eigenvalue weighted by Crippen LogP contribution is -2.55. The van der Waals surface area contributed by atoms with Crippen LogP contribution >= 0.6 is 0 Å². The first-order chi connectivity index (χ1) is 7.80. The fourth-order valence-electron chi connectivity index (χ4n) is 1.76. The molecule has 0 N–H and O–H groups in total. The molecule has 0 radical (unpaired) electrons. The summed E-state index contributed by atoms with van der Waals surface area (Å²) in [7, 11) is 0. The Morgan fingerprint density at radius 2 is 1.56 bits per heavy atom. The highest BCUT2D eigenvalue weighted by Crippen LogP contribution is 2.06. The van der Waals surface area contributed by atoms with Crippen LogP contribution in [0, 0.1) is 35.0 Å². The SMILES string of the molecule is C#CCN1CN(CC#N)CN(CCC#N)C1. The number of nitriles is 2. The molecule has 1 fully saturated rings. The molecular weight excluding hydrogens is 202 g/mol. The third-order valence-electron chi connectivity index (χ3n) is 2.35. The molecule has 0 aromatic carbocycles. The monoisotopic (exact) mass is 217 g/mol. The smallest absolute Gasteiger partial charge is 0.0886 e. The highest BCUT2D eigenvalue weighted by atomic mass is 15.5. The van der Waals surface area contributed by atoms with Gasteiger partial charge in [-0.25, -0.2) is 0 Å². The summed E-state index contributed by atoms with van der Waals surface area (Å²) in [5, 5.41) is 17.2. The van der Waals surface area contributed by atoms with Crippen LogP contribution in [0.25, 0.3) is 0 Å². The van der Waals surface area contributed by atoms with Crippen LogP contribution in [0.15, 0.2) is 0 Å². The van der Waals surface area contributed by atoms with Gasteiger partial charge in [-0.05, 0) is 0 Å². The molecule has 1 aliphatic heterocycles. The number of nitrogens with zero attached hydrogens (tertiary/aromatic N) is 5. The summed E-state index contributed by atoms with van der Waals surface area (Å²) in [6.45, 7) is 3.92. The molecule has 0 atom stereocenters. The molecule has 84 valence electrons. The van der Waals surface area contributed by atoms with Crippen molar-refractivity contribution in [3.05, 3.63) is 0 Å². The summed E-state index contributed by atoms with van der Waals surface area (Å²) in [5.74, 6) is 2.60. The standard InChI is InChI=1S/C11H15N5/c1-2-6-14-9-15(7-3-4-12)11-16(10-14)8-5-13/h1H,3,6-11H2. The molecule has 0 unspecified atom stereocenters. The lowest BCUT2D eigenvalue weighted by Gasteiger charge is -2.40. The molecule has 0 saturated carbocycles. The van der Waals surface area contributed by atoms with E-state index in [1.807, 2.05) is 4.90 Å². The van der Waals surface area contributed by atoms with Crippen LogP contribution in [0.3, 0.4) is 0 Å². The Balaban J connectivity index is 2.50. The first-order valence-electron chi connectivity index (χ1n) is 5.14. The zero-order chi connectivity index (χ0) is 11.8. The molecule has 0 aromatic heterocycles. The van der Waals surface area contributed by atoms with Gasteiger partial charge in [0.15, 0.2) is 0 Å². The quantitative estimate of drug-likeness (QED) is 0.484. The third kappa shape index (κ3) is 3.88. The Hall–Kier alpha value is -1.58. The van der Waals surface area contributed by atoms with E-state index >= 15 is 0 Å². The lowest BCUT2D eigenvalue weighted by molar-refractivity contribution is -0.0144. The number of hydrogen-bond donors (Lipinski definition) is 0. The van der Waals surface area contributed by atoms with Crippen LogP contribution in [0.5, 0.6) is 0 Å². The molecule has 0 amide bonds. The van der Waals surface area contributed by atoms with Crippen molar-refractivity contribution < 1.29 is 0 Å². The summed E-state index contributed by atoms with van der Waals surface area (Å²) in [5.41, 5.74) is 0. The Morgan fingerprint density at radius 3 is 2.12 bits per heavy atom. The Bertz CT molecular complexity index is 308. The number of hydrogen-bond acceptors (Lipinski definition) is 5. The molecule has 1 rings (SSSR count). The van der Waals surface area contributed by atoms with Gasteiger partial charge in [0.05, 0.1) is 45.2 Å². The first-order valence-corrected chi connectivity index (χ1v) is 5.14. The fourth-order valence-corrected chi connectivity index (χ4v) is 1.76. The molecule has 0 aliphatic carbocycles. The molecule has 0 aromatic rings. The molecule has 1 heterocycles. The maximum Gasteiger partial charge on any atom is 0.0886 e. The van der Waals surface area contributed by atoms with Gasteiger partial charge in [0.2, 0.25) is 0 Å². The summed E-state index contributed by atoms with van der Waals surface area (Å²) < 4.78 is 0. The molecular formula is C11H15N5. The average Bonchev–Trinajstić information content (AvgIpc) is 2.27. The van der Waals surface area contributed by atoms with Crippen LogP contribution in [-0.2, 0) is 0 Å². The topological polar surface area (TPSA) is 57.3 Å². The minimum atomic E-state index is 0.393. The van der Waals surface area contributed by atoms with Crippen molar-refractivity contribution in [2.45, 2.75) is 6.42 Å². The number of terminal acetylenes is 1. The van der Waals surface area contributed by atoms with E-state index in [4.69, 9.17) is 16.9 Å². The van der Waals surface area contributed by atoms with Crippen LogP contribution in [0.1, 0.15) is 6.42 Å². The van der Waals surface area contributed by atoms with Crippen molar-refractivity contribution in [3.63, 3.8) is 0 Å². The van der Waals surface area contributed by atoms with E-state index in [1.165, 1.54) is 0 Å². The van der Waals surface area contributed by atoms with Gasteiger partial charge < -0.3 is 0 Å². The van der Waals surface area contributed by atoms with Gasteiger partial charge in [-0.2, -0.15) is 10.5 Å². The van der Waals surface area contributed by atoms with E-state index < -0.39 is 0 Å².